The van der Waals surface area contributed by atoms with Crippen LogP contribution in [0.4, 0.5) is 5.82 Å². The highest BCUT2D eigenvalue weighted by molar-refractivity contribution is 5.91. The number of fused-ring (bicyclic) bond motifs is 1. The van der Waals surface area contributed by atoms with Crippen molar-refractivity contribution in [2.75, 3.05) is 25.1 Å². The normalized spacial score (nSPS) is 27.5. The number of carbonyl (C=O) groups excluding carboxylic acids is 1. The van der Waals surface area contributed by atoms with Crippen LogP contribution in [0.2, 0.25) is 0 Å². The molecule has 0 saturated carbocycles. The van der Waals surface area contributed by atoms with Crippen LogP contribution in [0.1, 0.15) is 29.4 Å². The summed E-state index contributed by atoms with van der Waals surface area (Å²) < 4.78 is 7.33. The zero-order chi connectivity index (χ0) is 11.8. The third-order valence-corrected chi connectivity index (χ3v) is 3.56. The van der Waals surface area contributed by atoms with Crippen LogP contribution in [0.25, 0.3) is 0 Å². The fourth-order valence-electron chi connectivity index (χ4n) is 2.66. The van der Waals surface area contributed by atoms with Crippen molar-refractivity contribution in [3.05, 3.63) is 11.8 Å². The smallest absolute Gasteiger partial charge is 0.269 e. The van der Waals surface area contributed by atoms with Crippen LogP contribution in [0.15, 0.2) is 6.07 Å². The van der Waals surface area contributed by atoms with Crippen LogP contribution in [0, 0.1) is 5.92 Å². The second-order valence-corrected chi connectivity index (χ2v) is 4.63. The molecule has 0 aliphatic carbocycles. The average Bonchev–Trinajstić information content (AvgIpc) is 2.97. The van der Waals surface area contributed by atoms with E-state index < -0.39 is 5.91 Å². The van der Waals surface area contributed by atoms with Gasteiger partial charge in [-0.15, -0.1) is 0 Å². The van der Waals surface area contributed by atoms with Gasteiger partial charge in [0.25, 0.3) is 5.91 Å². The van der Waals surface area contributed by atoms with Crippen LogP contribution in [0.3, 0.4) is 0 Å². The summed E-state index contributed by atoms with van der Waals surface area (Å²) in [6.07, 6.45) is 2.08. The van der Waals surface area contributed by atoms with Crippen molar-refractivity contribution in [3.63, 3.8) is 0 Å². The molecular formula is C11H16N4O2. The van der Waals surface area contributed by atoms with E-state index in [9.17, 15) is 4.79 Å². The van der Waals surface area contributed by atoms with E-state index in [1.54, 1.807) is 6.07 Å². The van der Waals surface area contributed by atoms with Crippen LogP contribution in [-0.2, 0) is 4.74 Å². The lowest BCUT2D eigenvalue weighted by atomic mass is 9.95. The summed E-state index contributed by atoms with van der Waals surface area (Å²) in [5.41, 5.74) is 5.59. The highest BCUT2D eigenvalue weighted by Gasteiger charge is 2.31. The van der Waals surface area contributed by atoms with Crippen molar-refractivity contribution in [1.82, 2.24) is 9.78 Å². The van der Waals surface area contributed by atoms with Gasteiger partial charge in [0.2, 0.25) is 0 Å². The number of amides is 1. The molecule has 2 aliphatic rings. The highest BCUT2D eigenvalue weighted by atomic mass is 16.5. The van der Waals surface area contributed by atoms with Gasteiger partial charge in [-0.1, -0.05) is 0 Å². The van der Waals surface area contributed by atoms with Crippen LogP contribution in [0.5, 0.6) is 0 Å². The Kier molecular flexibility index (Phi) is 2.51. The molecule has 2 atom stereocenters. The molecule has 3 rings (SSSR count). The maximum atomic E-state index is 11.1. The van der Waals surface area contributed by atoms with Gasteiger partial charge in [-0.25, -0.2) is 4.68 Å². The second kappa shape index (κ2) is 4.03. The molecule has 2 aliphatic heterocycles. The first-order chi connectivity index (χ1) is 8.25. The summed E-state index contributed by atoms with van der Waals surface area (Å²) in [7, 11) is 0. The largest absolute Gasteiger partial charge is 0.381 e. The summed E-state index contributed by atoms with van der Waals surface area (Å²) in [6.45, 7) is 2.52. The minimum absolute atomic E-state index is 0.321. The van der Waals surface area contributed by atoms with Gasteiger partial charge in [0.15, 0.2) is 5.69 Å². The molecule has 1 fully saturated rings. The fourth-order valence-corrected chi connectivity index (χ4v) is 2.66. The van der Waals surface area contributed by atoms with Gasteiger partial charge in [-0.2, -0.15) is 5.10 Å². The number of rotatable bonds is 2. The lowest BCUT2D eigenvalue weighted by molar-refractivity contribution is 0.0993. The first kappa shape index (κ1) is 10.6. The molecule has 3 N–H and O–H groups in total. The number of hydrogen-bond acceptors (Lipinski definition) is 4. The zero-order valence-electron chi connectivity index (χ0n) is 9.56. The number of aromatic nitrogens is 2. The van der Waals surface area contributed by atoms with Gasteiger partial charge in [0.1, 0.15) is 5.82 Å². The topological polar surface area (TPSA) is 82.2 Å². The molecule has 0 spiro atoms. The first-order valence-corrected chi connectivity index (χ1v) is 5.96. The van der Waals surface area contributed by atoms with Crippen molar-refractivity contribution in [1.29, 1.82) is 0 Å². The number of carbonyl (C=O) groups is 1. The minimum atomic E-state index is -0.477. The number of nitrogens with two attached hydrogens (primary N) is 1. The Morgan fingerprint density at radius 2 is 2.47 bits per heavy atom. The summed E-state index contributed by atoms with van der Waals surface area (Å²) >= 11 is 0. The van der Waals surface area contributed by atoms with E-state index in [2.05, 4.69) is 10.4 Å². The Hall–Kier alpha value is -1.56. The van der Waals surface area contributed by atoms with Crippen LogP contribution in [-0.4, -0.2) is 35.4 Å². The first-order valence-electron chi connectivity index (χ1n) is 5.96. The summed E-state index contributed by atoms with van der Waals surface area (Å²) in [5.74, 6) is 0.911. The van der Waals surface area contributed by atoms with Crippen molar-refractivity contribution in [2.45, 2.75) is 18.9 Å². The monoisotopic (exact) mass is 236 g/mol. The maximum absolute atomic E-state index is 11.1. The third kappa shape index (κ3) is 1.78. The molecule has 6 heteroatoms. The van der Waals surface area contributed by atoms with Gasteiger partial charge >= 0.3 is 0 Å². The molecule has 92 valence electrons. The molecule has 2 unspecified atom stereocenters. The van der Waals surface area contributed by atoms with E-state index in [-0.39, 0.29) is 0 Å². The van der Waals surface area contributed by atoms with E-state index in [1.807, 2.05) is 4.68 Å². The summed E-state index contributed by atoms with van der Waals surface area (Å²) in [4.78, 5) is 11.1. The Bertz CT molecular complexity index is 437. The van der Waals surface area contributed by atoms with Gasteiger partial charge < -0.3 is 15.8 Å². The average molecular weight is 236 g/mol. The van der Waals surface area contributed by atoms with Gasteiger partial charge in [-0.3, -0.25) is 4.79 Å². The predicted octanol–water partition coefficient (Wildman–Crippen LogP) is 0.375. The Balaban J connectivity index is 1.92. The van der Waals surface area contributed by atoms with Gasteiger partial charge in [0.05, 0.1) is 12.6 Å². The molecule has 1 amide bonds. The van der Waals surface area contributed by atoms with Crippen molar-refractivity contribution in [2.24, 2.45) is 11.7 Å². The van der Waals surface area contributed by atoms with Crippen molar-refractivity contribution >= 4 is 11.7 Å². The number of hydrogen-bond donors (Lipinski definition) is 2. The second-order valence-electron chi connectivity index (χ2n) is 4.63. The molecule has 3 heterocycles. The molecule has 0 bridgehead atoms. The van der Waals surface area contributed by atoms with E-state index in [1.165, 1.54) is 0 Å². The molecule has 17 heavy (non-hydrogen) atoms. The third-order valence-electron chi connectivity index (χ3n) is 3.56. The fraction of sp³-hybridized carbons (Fsp3) is 0.636. The standard InChI is InChI=1S/C11H16N4O2/c12-11(16)8-5-10-13-3-1-9(15(10)14-8)7-2-4-17-6-7/h5,7,9,13H,1-4,6H2,(H2,12,16). The molecule has 1 saturated heterocycles. The molecule has 1 aromatic rings. The predicted molar refractivity (Wildman–Crippen MR) is 61.8 cm³/mol. The SMILES string of the molecule is NC(=O)c1cc2n(n1)C(C1CCOC1)CCN2. The number of anilines is 1. The zero-order valence-corrected chi connectivity index (χ0v) is 9.56. The minimum Gasteiger partial charge on any atom is -0.381 e. The lowest BCUT2D eigenvalue weighted by Crippen LogP contribution is -2.29. The Labute approximate surface area is 99.1 Å². The molecular weight excluding hydrogens is 220 g/mol. The van der Waals surface area contributed by atoms with Gasteiger partial charge in [0, 0.05) is 25.1 Å². The van der Waals surface area contributed by atoms with Crippen molar-refractivity contribution in [3.8, 4) is 0 Å². The van der Waals surface area contributed by atoms with Gasteiger partial charge in [-0.05, 0) is 12.8 Å². The summed E-state index contributed by atoms with van der Waals surface area (Å²) in [6, 6.07) is 2.05. The lowest BCUT2D eigenvalue weighted by Gasteiger charge is -2.29. The number of nitrogens with one attached hydrogen (secondary N) is 1. The van der Waals surface area contributed by atoms with E-state index in [0.717, 1.165) is 38.4 Å². The summed E-state index contributed by atoms with van der Waals surface area (Å²) in [5, 5.41) is 7.54. The maximum Gasteiger partial charge on any atom is 0.269 e. The Morgan fingerprint density at radius 1 is 1.59 bits per heavy atom. The highest BCUT2D eigenvalue weighted by Crippen LogP contribution is 2.34. The number of nitrogens with zero attached hydrogens (tertiary/aromatic N) is 2. The van der Waals surface area contributed by atoms with Crippen LogP contribution < -0.4 is 11.1 Å². The quantitative estimate of drug-likeness (QED) is 0.777. The Morgan fingerprint density at radius 3 is 3.18 bits per heavy atom. The molecule has 6 nitrogen and oxygen atoms in total. The molecule has 1 aromatic heterocycles. The molecule has 0 aromatic carbocycles. The van der Waals surface area contributed by atoms with Crippen LogP contribution >= 0.6 is 0 Å². The van der Waals surface area contributed by atoms with E-state index in [4.69, 9.17) is 10.5 Å². The number of ether oxygens (including phenoxy) is 1. The van der Waals surface area contributed by atoms with Crippen molar-refractivity contribution < 1.29 is 9.53 Å². The molecule has 0 radical (unpaired) electrons. The van der Waals surface area contributed by atoms with E-state index in [0.29, 0.717) is 17.7 Å². The number of primary amides is 1. The van der Waals surface area contributed by atoms with E-state index >= 15 is 0 Å².